The molecular weight excluding hydrogens is 238 g/mol. The van der Waals surface area contributed by atoms with Crippen LogP contribution < -0.4 is 11.1 Å². The van der Waals surface area contributed by atoms with Crippen LogP contribution in [0.4, 0.5) is 4.79 Å². The highest BCUT2D eigenvalue weighted by Crippen LogP contribution is 2.34. The Morgan fingerprint density at radius 1 is 1.22 bits per heavy atom. The molecule has 0 aromatic carbocycles. The fraction of sp³-hybridized carbons (Fsp3) is 0.455. The number of imide groups is 2. The Hall–Kier alpha value is -2.18. The molecule has 0 aromatic rings. The number of rotatable bonds is 2. The first-order valence-corrected chi connectivity index (χ1v) is 5.60. The second-order valence-electron chi connectivity index (χ2n) is 4.33. The number of carbonyl (C=O) groups is 4. The van der Waals surface area contributed by atoms with Crippen LogP contribution in [0.15, 0.2) is 12.2 Å². The molecule has 7 nitrogen and oxygen atoms in total. The van der Waals surface area contributed by atoms with Gasteiger partial charge in [-0.1, -0.05) is 12.2 Å². The van der Waals surface area contributed by atoms with Crippen molar-refractivity contribution in [2.24, 2.45) is 17.6 Å². The van der Waals surface area contributed by atoms with Crippen LogP contribution in [0.25, 0.3) is 0 Å². The van der Waals surface area contributed by atoms with Crippen molar-refractivity contribution in [1.29, 1.82) is 0 Å². The van der Waals surface area contributed by atoms with Gasteiger partial charge in [0.05, 0.1) is 11.8 Å². The Morgan fingerprint density at radius 3 is 2.17 bits per heavy atom. The zero-order valence-corrected chi connectivity index (χ0v) is 9.59. The van der Waals surface area contributed by atoms with Gasteiger partial charge in [0.2, 0.25) is 17.7 Å². The van der Waals surface area contributed by atoms with E-state index in [1.54, 1.807) is 0 Å². The number of fused-ring (bicyclic) bond motifs is 1. The summed E-state index contributed by atoms with van der Waals surface area (Å²) in [5.74, 6) is -2.20. The summed E-state index contributed by atoms with van der Waals surface area (Å²) in [6.07, 6.45) is 4.75. The van der Waals surface area contributed by atoms with Gasteiger partial charge in [0.25, 0.3) is 0 Å². The molecular formula is C11H13N3O4. The topological polar surface area (TPSA) is 110 Å². The number of likely N-dealkylation sites (tertiary alicyclic amines) is 1. The van der Waals surface area contributed by atoms with Crippen molar-refractivity contribution in [1.82, 2.24) is 10.2 Å². The van der Waals surface area contributed by atoms with Crippen molar-refractivity contribution < 1.29 is 19.2 Å². The van der Waals surface area contributed by atoms with Crippen LogP contribution in [-0.4, -0.2) is 35.2 Å². The van der Waals surface area contributed by atoms with Gasteiger partial charge in [-0.3, -0.25) is 24.6 Å². The van der Waals surface area contributed by atoms with Crippen LogP contribution in [0.2, 0.25) is 0 Å². The second-order valence-corrected chi connectivity index (χ2v) is 4.33. The van der Waals surface area contributed by atoms with Crippen LogP contribution in [0.5, 0.6) is 0 Å². The van der Waals surface area contributed by atoms with Crippen LogP contribution in [0, 0.1) is 11.8 Å². The highest BCUT2D eigenvalue weighted by Gasteiger charge is 2.47. The Kier molecular flexibility index (Phi) is 3.14. The molecule has 0 spiro atoms. The van der Waals surface area contributed by atoms with E-state index in [4.69, 9.17) is 5.73 Å². The van der Waals surface area contributed by atoms with Gasteiger partial charge in [0.15, 0.2) is 0 Å². The Balaban J connectivity index is 2.06. The molecule has 0 unspecified atom stereocenters. The maximum Gasteiger partial charge on any atom is 0.318 e. The third kappa shape index (κ3) is 2.11. The number of hydrogen-bond donors (Lipinski definition) is 2. The van der Waals surface area contributed by atoms with Gasteiger partial charge in [-0.15, -0.1) is 0 Å². The quantitative estimate of drug-likeness (QED) is 0.491. The number of allylic oxidation sites excluding steroid dienone is 2. The molecule has 0 aromatic heterocycles. The van der Waals surface area contributed by atoms with E-state index in [9.17, 15) is 19.2 Å². The number of nitrogens with one attached hydrogen (secondary N) is 1. The smallest absolute Gasteiger partial charge is 0.318 e. The lowest BCUT2D eigenvalue weighted by atomic mass is 9.85. The molecule has 2 atom stereocenters. The number of amides is 5. The van der Waals surface area contributed by atoms with E-state index < -0.39 is 18.5 Å². The van der Waals surface area contributed by atoms with Crippen molar-refractivity contribution >= 4 is 23.8 Å². The lowest BCUT2D eigenvalue weighted by molar-refractivity contribution is -0.143. The van der Waals surface area contributed by atoms with E-state index in [0.29, 0.717) is 12.8 Å². The number of nitrogens with zero attached hydrogens (tertiary/aromatic N) is 1. The number of hydrogen-bond acceptors (Lipinski definition) is 4. The summed E-state index contributed by atoms with van der Waals surface area (Å²) < 4.78 is 0. The minimum absolute atomic E-state index is 0.353. The molecule has 1 fully saturated rings. The first kappa shape index (κ1) is 12.3. The van der Waals surface area contributed by atoms with Crippen molar-refractivity contribution in [2.45, 2.75) is 12.8 Å². The summed E-state index contributed by atoms with van der Waals surface area (Å²) in [5.41, 5.74) is 4.78. The molecule has 7 heteroatoms. The molecule has 0 saturated carbocycles. The van der Waals surface area contributed by atoms with Crippen molar-refractivity contribution in [3.8, 4) is 0 Å². The van der Waals surface area contributed by atoms with E-state index in [2.05, 4.69) is 0 Å². The molecule has 3 N–H and O–H groups in total. The first-order valence-electron chi connectivity index (χ1n) is 5.60. The molecule has 5 amide bonds. The molecule has 0 bridgehead atoms. The SMILES string of the molecule is NC(=O)NC(=O)CN1C(=O)[C@H]2CC=CC[C@@H]2C1=O. The van der Waals surface area contributed by atoms with Crippen LogP contribution in [-0.2, 0) is 14.4 Å². The Morgan fingerprint density at radius 2 is 1.72 bits per heavy atom. The van der Waals surface area contributed by atoms with Gasteiger partial charge < -0.3 is 5.73 Å². The van der Waals surface area contributed by atoms with Gasteiger partial charge in [-0.05, 0) is 12.8 Å². The van der Waals surface area contributed by atoms with Crippen molar-refractivity contribution in [2.75, 3.05) is 6.54 Å². The third-order valence-corrected chi connectivity index (χ3v) is 3.16. The molecule has 2 rings (SSSR count). The van der Waals surface area contributed by atoms with E-state index in [1.165, 1.54) is 0 Å². The largest absolute Gasteiger partial charge is 0.351 e. The highest BCUT2D eigenvalue weighted by molar-refractivity contribution is 6.08. The van der Waals surface area contributed by atoms with E-state index in [1.807, 2.05) is 17.5 Å². The predicted molar refractivity (Wildman–Crippen MR) is 59.8 cm³/mol. The minimum atomic E-state index is -1.00. The van der Waals surface area contributed by atoms with Crippen LogP contribution in [0.3, 0.4) is 0 Å². The van der Waals surface area contributed by atoms with Gasteiger partial charge in [-0.25, -0.2) is 4.79 Å². The molecule has 2 aliphatic rings. The molecule has 1 heterocycles. The lowest BCUT2D eigenvalue weighted by Gasteiger charge is -2.14. The van der Waals surface area contributed by atoms with Crippen molar-refractivity contribution in [3.63, 3.8) is 0 Å². The number of nitrogens with two attached hydrogens (primary N) is 1. The average Bonchev–Trinajstić information content (AvgIpc) is 2.54. The average molecular weight is 251 g/mol. The summed E-state index contributed by atoms with van der Waals surface area (Å²) in [6.45, 7) is -0.451. The van der Waals surface area contributed by atoms with E-state index >= 15 is 0 Å². The summed E-state index contributed by atoms with van der Waals surface area (Å²) in [5, 5.41) is 1.83. The van der Waals surface area contributed by atoms with Crippen molar-refractivity contribution in [3.05, 3.63) is 12.2 Å². The molecule has 96 valence electrons. The Labute approximate surface area is 103 Å². The fourth-order valence-electron chi connectivity index (χ4n) is 2.35. The monoisotopic (exact) mass is 251 g/mol. The van der Waals surface area contributed by atoms with Crippen LogP contribution >= 0.6 is 0 Å². The number of carbonyl (C=O) groups excluding carboxylic acids is 4. The number of primary amides is 1. The van der Waals surface area contributed by atoms with E-state index in [0.717, 1.165) is 4.90 Å². The molecule has 1 aliphatic heterocycles. The Bertz CT molecular complexity index is 431. The second kappa shape index (κ2) is 4.59. The zero-order chi connectivity index (χ0) is 13.3. The van der Waals surface area contributed by atoms with Gasteiger partial charge in [-0.2, -0.15) is 0 Å². The zero-order valence-electron chi connectivity index (χ0n) is 9.59. The summed E-state index contributed by atoms with van der Waals surface area (Å²) in [7, 11) is 0. The van der Waals surface area contributed by atoms with Gasteiger partial charge >= 0.3 is 6.03 Å². The molecule has 18 heavy (non-hydrogen) atoms. The highest BCUT2D eigenvalue weighted by atomic mass is 16.2. The maximum atomic E-state index is 11.9. The number of urea groups is 1. The molecule has 1 aliphatic carbocycles. The normalized spacial score (nSPS) is 26.1. The predicted octanol–water partition coefficient (Wildman–Crippen LogP) is -0.868. The fourth-order valence-corrected chi connectivity index (χ4v) is 2.35. The first-order chi connectivity index (χ1) is 8.50. The van der Waals surface area contributed by atoms with Gasteiger partial charge in [0.1, 0.15) is 6.54 Å². The van der Waals surface area contributed by atoms with Gasteiger partial charge in [0, 0.05) is 0 Å². The standard InChI is InChI=1S/C11H13N3O4/c12-11(18)13-8(15)5-14-9(16)6-3-1-2-4-7(6)10(14)17/h1-2,6-7H,3-5H2,(H3,12,13,15,18)/t6-,7-/m0/s1. The lowest BCUT2D eigenvalue weighted by Crippen LogP contribution is -2.44. The molecule has 1 saturated heterocycles. The minimum Gasteiger partial charge on any atom is -0.351 e. The van der Waals surface area contributed by atoms with Crippen LogP contribution in [0.1, 0.15) is 12.8 Å². The summed E-state index contributed by atoms with van der Waals surface area (Å²) >= 11 is 0. The van der Waals surface area contributed by atoms with E-state index in [-0.39, 0.29) is 23.7 Å². The third-order valence-electron chi connectivity index (χ3n) is 3.16. The summed E-state index contributed by atoms with van der Waals surface area (Å²) in [4.78, 5) is 46.6. The maximum absolute atomic E-state index is 11.9. The summed E-state index contributed by atoms with van der Waals surface area (Å²) in [6, 6.07) is -1.00. The molecule has 0 radical (unpaired) electrons.